The fourth-order valence-corrected chi connectivity index (χ4v) is 3.81. The average molecular weight is 505 g/mol. The van der Waals surface area contributed by atoms with Crippen LogP contribution in [0.2, 0.25) is 5.02 Å². The van der Waals surface area contributed by atoms with Crippen LogP contribution in [0.4, 0.5) is 0 Å². The Bertz CT molecular complexity index is 979. The number of hydrogen-bond donors (Lipinski definition) is 1. The second kappa shape index (κ2) is 12.0. The van der Waals surface area contributed by atoms with Crippen molar-refractivity contribution in [3.05, 3.63) is 86.8 Å². The highest BCUT2D eigenvalue weighted by molar-refractivity contribution is 9.10. The van der Waals surface area contributed by atoms with Crippen LogP contribution in [0.3, 0.4) is 0 Å². The largest absolute Gasteiger partial charge is 0.497 e. The smallest absolute Gasteiger partial charge is 0.162 e. The van der Waals surface area contributed by atoms with Crippen molar-refractivity contribution in [1.82, 2.24) is 5.32 Å². The number of rotatable bonds is 11. The van der Waals surface area contributed by atoms with E-state index in [1.807, 2.05) is 55.5 Å². The van der Waals surface area contributed by atoms with Crippen LogP contribution in [0, 0.1) is 0 Å². The number of hydrogen-bond acceptors (Lipinski definition) is 4. The molecule has 31 heavy (non-hydrogen) atoms. The predicted molar refractivity (Wildman–Crippen MR) is 129 cm³/mol. The monoisotopic (exact) mass is 503 g/mol. The highest BCUT2D eigenvalue weighted by atomic mass is 79.9. The summed E-state index contributed by atoms with van der Waals surface area (Å²) < 4.78 is 18.0. The standard InChI is InChI=1S/C25H27BrClNO3/c1-3-30-24-14-20(16-28-12-11-18-7-9-22(29-2)10-8-18)23(26)15-25(24)31-17-19-5-4-6-21(27)13-19/h4-10,13-15,28H,3,11-12,16-17H2,1-2H3. The van der Waals surface area contributed by atoms with E-state index in [0.717, 1.165) is 46.6 Å². The normalized spacial score (nSPS) is 10.7. The fourth-order valence-electron chi connectivity index (χ4n) is 3.13. The zero-order valence-corrected chi connectivity index (χ0v) is 20.1. The molecular weight excluding hydrogens is 478 g/mol. The highest BCUT2D eigenvalue weighted by Gasteiger charge is 2.11. The Morgan fingerprint density at radius 3 is 2.42 bits per heavy atom. The van der Waals surface area contributed by atoms with Crippen LogP contribution in [-0.4, -0.2) is 20.3 Å². The topological polar surface area (TPSA) is 39.7 Å². The first-order chi connectivity index (χ1) is 15.1. The molecule has 3 rings (SSSR count). The Morgan fingerprint density at radius 1 is 0.935 bits per heavy atom. The molecule has 0 aliphatic heterocycles. The van der Waals surface area contributed by atoms with E-state index in [1.54, 1.807) is 7.11 Å². The number of nitrogens with one attached hydrogen (secondary N) is 1. The molecule has 0 aromatic heterocycles. The van der Waals surface area contributed by atoms with Gasteiger partial charge in [-0.15, -0.1) is 0 Å². The Kier molecular flexibility index (Phi) is 9.07. The van der Waals surface area contributed by atoms with Crippen molar-refractivity contribution < 1.29 is 14.2 Å². The number of halogens is 2. The van der Waals surface area contributed by atoms with Crippen molar-refractivity contribution in [1.29, 1.82) is 0 Å². The van der Waals surface area contributed by atoms with Gasteiger partial charge in [0.2, 0.25) is 0 Å². The Labute approximate surface area is 197 Å². The SMILES string of the molecule is CCOc1cc(CNCCc2ccc(OC)cc2)c(Br)cc1OCc1cccc(Cl)c1. The van der Waals surface area contributed by atoms with Gasteiger partial charge in [-0.25, -0.2) is 0 Å². The van der Waals surface area contributed by atoms with Gasteiger partial charge >= 0.3 is 0 Å². The summed E-state index contributed by atoms with van der Waals surface area (Å²) in [5, 5.41) is 4.20. The van der Waals surface area contributed by atoms with E-state index in [2.05, 4.69) is 33.4 Å². The molecule has 0 saturated carbocycles. The van der Waals surface area contributed by atoms with Gasteiger partial charge in [-0.1, -0.05) is 51.8 Å². The second-order valence-electron chi connectivity index (χ2n) is 7.02. The zero-order chi connectivity index (χ0) is 22.1. The quantitative estimate of drug-likeness (QED) is 0.306. The molecular formula is C25H27BrClNO3. The number of methoxy groups -OCH3 is 1. The van der Waals surface area contributed by atoms with E-state index in [4.69, 9.17) is 25.8 Å². The van der Waals surface area contributed by atoms with Gasteiger partial charge in [0.25, 0.3) is 0 Å². The van der Waals surface area contributed by atoms with Crippen molar-refractivity contribution in [2.24, 2.45) is 0 Å². The first-order valence-electron chi connectivity index (χ1n) is 10.2. The minimum atomic E-state index is 0.423. The first kappa shape index (κ1) is 23.5. The molecule has 6 heteroatoms. The highest BCUT2D eigenvalue weighted by Crippen LogP contribution is 2.34. The molecule has 0 heterocycles. The predicted octanol–water partition coefficient (Wildman–Crippen LogP) is 6.42. The van der Waals surface area contributed by atoms with Crippen molar-refractivity contribution in [2.75, 3.05) is 20.3 Å². The van der Waals surface area contributed by atoms with E-state index in [-0.39, 0.29) is 0 Å². The van der Waals surface area contributed by atoms with Gasteiger partial charge in [-0.05, 0) is 73.0 Å². The van der Waals surface area contributed by atoms with E-state index >= 15 is 0 Å². The van der Waals surface area contributed by atoms with Gasteiger partial charge < -0.3 is 19.5 Å². The molecule has 4 nitrogen and oxygen atoms in total. The maximum absolute atomic E-state index is 6.07. The number of benzene rings is 3. The molecule has 0 bridgehead atoms. The molecule has 0 saturated heterocycles. The van der Waals surface area contributed by atoms with Gasteiger partial charge in [0.05, 0.1) is 13.7 Å². The lowest BCUT2D eigenvalue weighted by Crippen LogP contribution is -2.17. The third kappa shape index (κ3) is 7.17. The summed E-state index contributed by atoms with van der Waals surface area (Å²) in [6.07, 6.45) is 0.945. The van der Waals surface area contributed by atoms with Crippen LogP contribution < -0.4 is 19.5 Å². The van der Waals surface area contributed by atoms with Crippen molar-refractivity contribution in [3.8, 4) is 17.2 Å². The van der Waals surface area contributed by atoms with Gasteiger partial charge in [0, 0.05) is 16.0 Å². The van der Waals surface area contributed by atoms with Crippen LogP contribution >= 0.6 is 27.5 Å². The van der Waals surface area contributed by atoms with Gasteiger partial charge in [-0.3, -0.25) is 0 Å². The molecule has 0 unspecified atom stereocenters. The lowest BCUT2D eigenvalue weighted by atomic mass is 10.1. The molecule has 0 radical (unpaired) electrons. The Hall–Kier alpha value is -2.21. The molecule has 0 aliphatic rings. The van der Waals surface area contributed by atoms with E-state index in [9.17, 15) is 0 Å². The van der Waals surface area contributed by atoms with E-state index in [0.29, 0.717) is 24.0 Å². The summed E-state index contributed by atoms with van der Waals surface area (Å²) in [6.45, 7) is 4.56. The molecule has 0 atom stereocenters. The molecule has 0 amide bonds. The van der Waals surface area contributed by atoms with Crippen LogP contribution in [0.5, 0.6) is 17.2 Å². The Morgan fingerprint density at radius 2 is 1.71 bits per heavy atom. The van der Waals surface area contributed by atoms with Crippen LogP contribution in [-0.2, 0) is 19.6 Å². The summed E-state index contributed by atoms with van der Waals surface area (Å²) in [7, 11) is 1.68. The summed E-state index contributed by atoms with van der Waals surface area (Å²) in [5.74, 6) is 2.32. The average Bonchev–Trinajstić information content (AvgIpc) is 2.78. The lowest BCUT2D eigenvalue weighted by Gasteiger charge is -2.16. The van der Waals surface area contributed by atoms with Gasteiger partial charge in [0.15, 0.2) is 11.5 Å². The minimum absolute atomic E-state index is 0.423. The lowest BCUT2D eigenvalue weighted by molar-refractivity contribution is 0.269. The number of ether oxygens (including phenoxy) is 3. The van der Waals surface area contributed by atoms with Gasteiger partial charge in [0.1, 0.15) is 12.4 Å². The summed E-state index contributed by atoms with van der Waals surface area (Å²) in [4.78, 5) is 0. The third-order valence-electron chi connectivity index (χ3n) is 4.76. The Balaban J connectivity index is 1.59. The molecule has 0 spiro atoms. The molecule has 3 aromatic carbocycles. The van der Waals surface area contributed by atoms with Crippen LogP contribution in [0.25, 0.3) is 0 Å². The minimum Gasteiger partial charge on any atom is -0.497 e. The van der Waals surface area contributed by atoms with Crippen LogP contribution in [0.1, 0.15) is 23.6 Å². The van der Waals surface area contributed by atoms with Crippen molar-refractivity contribution in [2.45, 2.75) is 26.5 Å². The molecule has 1 N–H and O–H groups in total. The third-order valence-corrected chi connectivity index (χ3v) is 5.73. The van der Waals surface area contributed by atoms with E-state index < -0.39 is 0 Å². The maximum Gasteiger partial charge on any atom is 0.162 e. The second-order valence-corrected chi connectivity index (χ2v) is 8.31. The van der Waals surface area contributed by atoms with E-state index in [1.165, 1.54) is 5.56 Å². The summed E-state index contributed by atoms with van der Waals surface area (Å²) in [5.41, 5.74) is 3.40. The van der Waals surface area contributed by atoms with Crippen LogP contribution in [0.15, 0.2) is 65.1 Å². The summed E-state index contributed by atoms with van der Waals surface area (Å²) >= 11 is 9.74. The van der Waals surface area contributed by atoms with Crippen molar-refractivity contribution >= 4 is 27.5 Å². The molecule has 0 fully saturated rings. The molecule has 0 aliphatic carbocycles. The zero-order valence-electron chi connectivity index (χ0n) is 17.8. The maximum atomic E-state index is 6.07. The van der Waals surface area contributed by atoms with Gasteiger partial charge in [-0.2, -0.15) is 0 Å². The molecule has 164 valence electrons. The fraction of sp³-hybridized carbons (Fsp3) is 0.280. The first-order valence-corrected chi connectivity index (χ1v) is 11.4. The summed E-state index contributed by atoms with van der Waals surface area (Å²) in [6, 6.07) is 19.8. The molecule has 3 aromatic rings. The van der Waals surface area contributed by atoms with Crippen molar-refractivity contribution in [3.63, 3.8) is 0 Å².